The zero-order chi connectivity index (χ0) is 19.6. The lowest BCUT2D eigenvalue weighted by atomic mass is 9.54. The van der Waals surface area contributed by atoms with E-state index in [0.29, 0.717) is 19.6 Å². The van der Waals surface area contributed by atoms with Crippen LogP contribution in [-0.2, 0) is 14.9 Å². The molecule has 0 radical (unpaired) electrons. The number of ether oxygens (including phenoxy) is 1. The highest BCUT2D eigenvalue weighted by Gasteiger charge is 2.62. The van der Waals surface area contributed by atoms with Gasteiger partial charge in [0.2, 0.25) is 5.91 Å². The van der Waals surface area contributed by atoms with Crippen molar-refractivity contribution < 1.29 is 9.53 Å². The maximum Gasteiger partial charge on any atom is 0.240 e. The Hall–Kier alpha value is -0.810. The van der Waals surface area contributed by atoms with Gasteiger partial charge in [0.1, 0.15) is 5.54 Å². The molecule has 154 valence electrons. The number of rotatable bonds is 8. The highest BCUT2D eigenvalue weighted by atomic mass is 35.5. The lowest BCUT2D eigenvalue weighted by Gasteiger charge is -2.57. The van der Waals surface area contributed by atoms with Crippen molar-refractivity contribution in [1.29, 1.82) is 0 Å². The Morgan fingerprint density at radius 2 is 1.81 bits per heavy atom. The number of carbonyl (C=O) groups is 1. The Balaban J connectivity index is 0.00000364. The number of amides is 1. The maximum atomic E-state index is 13.0. The summed E-state index contributed by atoms with van der Waals surface area (Å²) in [5, 5.41) is 3.87. The van der Waals surface area contributed by atoms with E-state index in [4.69, 9.17) is 22.1 Å². The van der Waals surface area contributed by atoms with Gasteiger partial charge in [-0.05, 0) is 37.5 Å². The average molecular weight is 417 g/mol. The topological polar surface area (TPSA) is 64.3 Å². The molecule has 0 bridgehead atoms. The molecule has 2 atom stereocenters. The molecule has 2 rings (SSSR count). The van der Waals surface area contributed by atoms with Crippen molar-refractivity contribution in [2.45, 2.75) is 70.9 Å². The Kier molecular flexibility index (Phi) is 8.19. The molecule has 0 heterocycles. The van der Waals surface area contributed by atoms with Crippen LogP contribution in [0.25, 0.3) is 0 Å². The second kappa shape index (κ2) is 9.13. The summed E-state index contributed by atoms with van der Waals surface area (Å²) in [4.78, 5) is 13.0. The molecule has 1 aliphatic rings. The molecule has 0 aromatic heterocycles. The molecule has 3 N–H and O–H groups in total. The monoisotopic (exact) mass is 416 g/mol. The third-order valence-electron chi connectivity index (χ3n) is 6.63. The SMILES string of the molecule is CCOC1CC(N)(C(=O)NCC(CC)(CC)c2ccc(Cl)cc2)C1(C)C.Cl. The molecule has 1 aromatic carbocycles. The highest BCUT2D eigenvalue weighted by Crippen LogP contribution is 2.50. The molecule has 1 fully saturated rings. The minimum atomic E-state index is -0.889. The van der Waals surface area contributed by atoms with Crippen molar-refractivity contribution in [3.8, 4) is 0 Å². The summed E-state index contributed by atoms with van der Waals surface area (Å²) in [6.45, 7) is 11.5. The first kappa shape index (κ1) is 24.2. The largest absolute Gasteiger partial charge is 0.378 e. The van der Waals surface area contributed by atoms with Crippen LogP contribution < -0.4 is 11.1 Å². The van der Waals surface area contributed by atoms with Crippen LogP contribution in [0.5, 0.6) is 0 Å². The van der Waals surface area contributed by atoms with Crippen molar-refractivity contribution in [2.24, 2.45) is 11.1 Å². The molecule has 0 spiro atoms. The van der Waals surface area contributed by atoms with Crippen LogP contribution in [0.15, 0.2) is 24.3 Å². The van der Waals surface area contributed by atoms with E-state index in [1.807, 2.05) is 32.9 Å². The number of carbonyl (C=O) groups excluding carboxylic acids is 1. The second-order valence-electron chi connectivity index (χ2n) is 8.02. The molecule has 1 aliphatic carbocycles. The van der Waals surface area contributed by atoms with Crippen LogP contribution >= 0.6 is 24.0 Å². The van der Waals surface area contributed by atoms with E-state index >= 15 is 0 Å². The van der Waals surface area contributed by atoms with Crippen LogP contribution in [0.2, 0.25) is 5.02 Å². The smallest absolute Gasteiger partial charge is 0.240 e. The standard InChI is InChI=1S/C21H33ClN2O2.ClH/c1-6-20(7-2,15-9-11-16(22)12-10-15)14-24-18(25)21(23)13-17(26-8-3)19(21,4)5;/h9-12,17H,6-8,13-14,23H2,1-5H3,(H,24,25);1H. The summed E-state index contributed by atoms with van der Waals surface area (Å²) in [5.74, 6) is -0.0845. The Labute approximate surface area is 175 Å². The number of nitrogens with two attached hydrogens (primary N) is 1. The molecule has 1 saturated carbocycles. The first-order valence-corrected chi connectivity index (χ1v) is 9.99. The van der Waals surface area contributed by atoms with Crippen LogP contribution in [-0.4, -0.2) is 30.7 Å². The third-order valence-corrected chi connectivity index (χ3v) is 6.88. The van der Waals surface area contributed by atoms with Crippen LogP contribution in [0.1, 0.15) is 59.4 Å². The molecule has 0 aliphatic heterocycles. The minimum absolute atomic E-state index is 0. The molecule has 27 heavy (non-hydrogen) atoms. The third kappa shape index (κ3) is 4.29. The predicted octanol–water partition coefficient (Wildman–Crippen LogP) is 4.47. The van der Waals surface area contributed by atoms with Crippen molar-refractivity contribution in [3.63, 3.8) is 0 Å². The lowest BCUT2D eigenvalue weighted by Crippen LogP contribution is -2.76. The van der Waals surface area contributed by atoms with E-state index in [1.165, 1.54) is 5.56 Å². The molecule has 2 unspecified atom stereocenters. The van der Waals surface area contributed by atoms with Crippen molar-refractivity contribution in [1.82, 2.24) is 5.32 Å². The highest BCUT2D eigenvalue weighted by molar-refractivity contribution is 6.30. The van der Waals surface area contributed by atoms with E-state index in [-0.39, 0.29) is 35.2 Å². The first-order chi connectivity index (χ1) is 12.2. The molecule has 1 aromatic rings. The fourth-order valence-corrected chi connectivity index (χ4v) is 4.17. The molecular weight excluding hydrogens is 383 g/mol. The van der Waals surface area contributed by atoms with Gasteiger partial charge in [-0.3, -0.25) is 4.79 Å². The van der Waals surface area contributed by atoms with Gasteiger partial charge in [0.25, 0.3) is 0 Å². The van der Waals surface area contributed by atoms with Crippen molar-refractivity contribution >= 4 is 29.9 Å². The Morgan fingerprint density at radius 1 is 1.26 bits per heavy atom. The quantitative estimate of drug-likeness (QED) is 0.656. The van der Waals surface area contributed by atoms with E-state index in [2.05, 4.69) is 31.3 Å². The second-order valence-corrected chi connectivity index (χ2v) is 8.45. The van der Waals surface area contributed by atoms with Gasteiger partial charge in [0, 0.05) is 35.4 Å². The summed E-state index contributed by atoms with van der Waals surface area (Å²) in [6, 6.07) is 7.92. The number of benzene rings is 1. The number of hydrogen-bond donors (Lipinski definition) is 2. The number of nitrogens with one attached hydrogen (secondary N) is 1. The molecular formula is C21H34Cl2N2O2. The number of hydrogen-bond acceptors (Lipinski definition) is 3. The molecule has 6 heteroatoms. The van der Waals surface area contributed by atoms with Gasteiger partial charge in [-0.15, -0.1) is 12.4 Å². The minimum Gasteiger partial charge on any atom is -0.378 e. The predicted molar refractivity (Wildman–Crippen MR) is 115 cm³/mol. The van der Waals surface area contributed by atoms with Gasteiger partial charge in [-0.25, -0.2) is 0 Å². The lowest BCUT2D eigenvalue weighted by molar-refractivity contribution is -0.170. The van der Waals surface area contributed by atoms with Crippen LogP contribution in [0.3, 0.4) is 0 Å². The van der Waals surface area contributed by atoms with Gasteiger partial charge in [0.05, 0.1) is 6.10 Å². The van der Waals surface area contributed by atoms with Gasteiger partial charge in [0.15, 0.2) is 0 Å². The summed E-state index contributed by atoms with van der Waals surface area (Å²) in [6.07, 6.45) is 2.44. The fraction of sp³-hybridized carbons (Fsp3) is 0.667. The van der Waals surface area contributed by atoms with Gasteiger partial charge in [-0.1, -0.05) is 51.4 Å². The van der Waals surface area contributed by atoms with E-state index in [1.54, 1.807) is 0 Å². The summed E-state index contributed by atoms with van der Waals surface area (Å²) in [7, 11) is 0. The summed E-state index contributed by atoms with van der Waals surface area (Å²) in [5.41, 5.74) is 6.31. The van der Waals surface area contributed by atoms with Crippen molar-refractivity contribution in [3.05, 3.63) is 34.9 Å². The van der Waals surface area contributed by atoms with Crippen LogP contribution in [0, 0.1) is 5.41 Å². The Bertz CT molecular complexity index is 630. The normalized spacial score (nSPS) is 23.9. The number of halogens is 2. The maximum absolute atomic E-state index is 13.0. The average Bonchev–Trinajstić information content (AvgIpc) is 2.63. The zero-order valence-corrected chi connectivity index (χ0v) is 18.7. The van der Waals surface area contributed by atoms with Gasteiger partial charge >= 0.3 is 0 Å². The van der Waals surface area contributed by atoms with E-state index < -0.39 is 5.54 Å². The summed E-state index contributed by atoms with van der Waals surface area (Å²) < 4.78 is 5.73. The van der Waals surface area contributed by atoms with E-state index in [9.17, 15) is 4.79 Å². The molecule has 1 amide bonds. The first-order valence-electron chi connectivity index (χ1n) is 9.61. The fourth-order valence-electron chi connectivity index (χ4n) is 4.04. The summed E-state index contributed by atoms with van der Waals surface area (Å²) >= 11 is 6.03. The van der Waals surface area contributed by atoms with Gasteiger partial charge in [-0.2, -0.15) is 0 Å². The van der Waals surface area contributed by atoms with E-state index in [0.717, 1.165) is 17.9 Å². The van der Waals surface area contributed by atoms with Gasteiger partial charge < -0.3 is 15.8 Å². The van der Waals surface area contributed by atoms with Crippen molar-refractivity contribution in [2.75, 3.05) is 13.2 Å². The molecule has 4 nitrogen and oxygen atoms in total. The Morgan fingerprint density at radius 3 is 2.26 bits per heavy atom. The molecule has 0 saturated heterocycles. The zero-order valence-electron chi connectivity index (χ0n) is 17.1. The van der Waals surface area contributed by atoms with Crippen LogP contribution in [0.4, 0.5) is 0 Å².